The van der Waals surface area contributed by atoms with Crippen LogP contribution in [0.25, 0.3) is 5.69 Å². The van der Waals surface area contributed by atoms with Crippen molar-refractivity contribution in [1.29, 1.82) is 5.26 Å². The predicted octanol–water partition coefficient (Wildman–Crippen LogP) is 4.63. The second-order valence-corrected chi connectivity index (χ2v) is 12.2. The zero-order chi connectivity index (χ0) is 26.0. The summed E-state index contributed by atoms with van der Waals surface area (Å²) in [6, 6.07) is 9.34. The molecule has 2 unspecified atom stereocenters. The van der Waals surface area contributed by atoms with Gasteiger partial charge >= 0.3 is 0 Å². The molecule has 1 aliphatic rings. The molecule has 3 aromatic rings. The van der Waals surface area contributed by atoms with Crippen molar-refractivity contribution in [1.82, 2.24) is 5.27 Å². The number of ether oxygens (including phenoxy) is 1. The highest BCUT2D eigenvalue weighted by Gasteiger charge is 2.34. The van der Waals surface area contributed by atoms with E-state index in [2.05, 4.69) is 37.4 Å². The molecule has 0 bridgehead atoms. The number of carbonyl (C=O) groups excluding carboxylic acids is 1. The first-order valence-electron chi connectivity index (χ1n) is 11.9. The molecule has 2 heterocycles. The lowest BCUT2D eigenvalue weighted by molar-refractivity contribution is -0.705. The molecule has 1 amide bonds. The first-order chi connectivity index (χ1) is 17.2. The van der Waals surface area contributed by atoms with Crippen molar-refractivity contribution in [3.05, 3.63) is 40.3 Å². The fourth-order valence-electron chi connectivity index (χ4n) is 4.41. The molecule has 1 N–H and O–H groups in total. The average Bonchev–Trinajstić information content (AvgIpc) is 3.40. The molecule has 0 saturated heterocycles. The molecule has 8 nitrogen and oxygen atoms in total. The van der Waals surface area contributed by atoms with Gasteiger partial charge in [-0.1, -0.05) is 27.7 Å². The van der Waals surface area contributed by atoms with Gasteiger partial charge in [0.1, 0.15) is 16.8 Å². The second kappa shape index (κ2) is 10.5. The van der Waals surface area contributed by atoms with Gasteiger partial charge in [-0.3, -0.25) is 4.79 Å². The molecule has 10 heteroatoms. The molecule has 0 spiro atoms. The number of nitriles is 1. The van der Waals surface area contributed by atoms with Crippen LogP contribution in [0.15, 0.2) is 33.8 Å². The third-order valence-electron chi connectivity index (χ3n) is 6.65. The summed E-state index contributed by atoms with van der Waals surface area (Å²) in [6.07, 6.45) is 3.28. The third kappa shape index (κ3) is 5.22. The van der Waals surface area contributed by atoms with E-state index in [1.54, 1.807) is 31.4 Å². The Hall–Kier alpha value is -3.03. The Bertz CT molecular complexity index is 1280. The minimum atomic E-state index is -0.611. The normalized spacial score (nSPS) is 16.2. The lowest BCUT2D eigenvalue weighted by Gasteiger charge is -2.33. The van der Waals surface area contributed by atoms with Crippen LogP contribution in [0.3, 0.4) is 0 Å². The van der Waals surface area contributed by atoms with E-state index in [1.807, 2.05) is 6.92 Å². The van der Waals surface area contributed by atoms with Gasteiger partial charge in [0.05, 0.1) is 23.2 Å². The molecule has 2 aromatic heterocycles. The Labute approximate surface area is 219 Å². The van der Waals surface area contributed by atoms with Gasteiger partial charge in [-0.2, -0.15) is 5.26 Å². The van der Waals surface area contributed by atoms with E-state index < -0.39 is 11.2 Å². The highest BCUT2D eigenvalue weighted by molar-refractivity contribution is 8.00. The Balaban J connectivity index is 1.54. The lowest BCUT2D eigenvalue weighted by Crippen LogP contribution is -2.36. The summed E-state index contributed by atoms with van der Waals surface area (Å²) in [5, 5.41) is 29.4. The Kier molecular flexibility index (Phi) is 7.62. The average molecular weight is 527 g/mol. The van der Waals surface area contributed by atoms with Gasteiger partial charge in [0, 0.05) is 17.0 Å². The molecule has 4 rings (SSSR count). The lowest BCUT2D eigenvalue weighted by atomic mass is 9.72. The van der Waals surface area contributed by atoms with E-state index in [1.165, 1.54) is 20.9 Å². The fraction of sp³-hybridized carbons (Fsp3) is 0.462. The van der Waals surface area contributed by atoms with Crippen LogP contribution in [0.5, 0.6) is 11.7 Å². The highest BCUT2D eigenvalue weighted by atomic mass is 32.2. The number of nitrogens with zero attached hydrogens (tertiary/aromatic N) is 3. The molecule has 2 atom stereocenters. The summed E-state index contributed by atoms with van der Waals surface area (Å²) in [4.78, 5) is 14.5. The summed E-state index contributed by atoms with van der Waals surface area (Å²) in [6.45, 7) is 8.63. The van der Waals surface area contributed by atoms with Crippen LogP contribution >= 0.6 is 23.1 Å². The van der Waals surface area contributed by atoms with E-state index in [0.29, 0.717) is 34.3 Å². The Morgan fingerprint density at radius 1 is 1.42 bits per heavy atom. The smallest absolute Gasteiger partial charge is 0.298 e. The van der Waals surface area contributed by atoms with Crippen molar-refractivity contribution in [3.8, 4) is 23.5 Å². The van der Waals surface area contributed by atoms with E-state index >= 15 is 0 Å². The number of nitrogens with one attached hydrogen (secondary N) is 1. The number of fused-ring (bicyclic) bond motifs is 1. The van der Waals surface area contributed by atoms with Gasteiger partial charge < -0.3 is 19.7 Å². The standard InChI is InChI=1S/C26H30N4O4S2/c1-6-20(36-24-25(32)34-29-30(24)16-8-10-17(33-5)11-9-16)22(31)28-23-19(14-27)18-12-7-15(26(2,3)4)13-21(18)35-23/h8-11,15,20H,6-7,12-13H2,1-5H3,(H-,28,29,31,32). The highest BCUT2D eigenvalue weighted by Crippen LogP contribution is 2.44. The number of benzene rings is 1. The number of anilines is 1. The van der Waals surface area contributed by atoms with E-state index in [0.717, 1.165) is 36.6 Å². The number of hydrogen-bond acceptors (Lipinski definition) is 8. The van der Waals surface area contributed by atoms with Gasteiger partial charge in [-0.05, 0) is 71.2 Å². The van der Waals surface area contributed by atoms with Gasteiger partial charge in [-0.15, -0.1) is 11.3 Å². The predicted molar refractivity (Wildman–Crippen MR) is 137 cm³/mol. The molecule has 190 valence electrons. The molecule has 0 aliphatic heterocycles. The maximum Gasteiger partial charge on any atom is 0.298 e. The summed E-state index contributed by atoms with van der Waals surface area (Å²) in [5.41, 5.74) is 2.44. The summed E-state index contributed by atoms with van der Waals surface area (Å²) >= 11 is 2.61. The van der Waals surface area contributed by atoms with Crippen LogP contribution in [-0.2, 0) is 17.6 Å². The number of thiophene rings is 1. The largest absolute Gasteiger partial charge is 0.538 e. The topological polar surface area (TPSA) is 115 Å². The van der Waals surface area contributed by atoms with Gasteiger partial charge in [0.25, 0.3) is 5.03 Å². The van der Waals surface area contributed by atoms with E-state index in [-0.39, 0.29) is 16.3 Å². The maximum absolute atomic E-state index is 13.3. The molecule has 0 saturated carbocycles. The molecular weight excluding hydrogens is 496 g/mol. The summed E-state index contributed by atoms with van der Waals surface area (Å²) in [7, 11) is 1.57. The first kappa shape index (κ1) is 26.0. The SMILES string of the molecule is CCC(Sc1c([O-])on[n+]1-c1ccc(OC)cc1)C(=O)Nc1sc2c(c1C#N)CCC(C(C)(C)C)C2. The first-order valence-corrected chi connectivity index (χ1v) is 13.6. The van der Waals surface area contributed by atoms with Crippen LogP contribution in [0.1, 0.15) is 56.5 Å². The molecule has 0 radical (unpaired) electrons. The van der Waals surface area contributed by atoms with Crippen molar-refractivity contribution >= 4 is 34.0 Å². The molecule has 0 fully saturated rings. The molecule has 1 aliphatic carbocycles. The molecule has 1 aromatic carbocycles. The van der Waals surface area contributed by atoms with Crippen molar-refractivity contribution < 1.29 is 23.8 Å². The van der Waals surface area contributed by atoms with Crippen LogP contribution in [-0.4, -0.2) is 23.5 Å². The zero-order valence-corrected chi connectivity index (χ0v) is 22.7. The quantitative estimate of drug-likeness (QED) is 0.353. The number of rotatable bonds is 7. The number of amides is 1. The summed E-state index contributed by atoms with van der Waals surface area (Å²) in [5.74, 6) is 0.340. The maximum atomic E-state index is 13.3. The van der Waals surface area contributed by atoms with Crippen molar-refractivity contribution in [2.75, 3.05) is 12.4 Å². The van der Waals surface area contributed by atoms with E-state index in [9.17, 15) is 15.2 Å². The number of hydrogen-bond donors (Lipinski definition) is 1. The summed E-state index contributed by atoms with van der Waals surface area (Å²) < 4.78 is 11.5. The van der Waals surface area contributed by atoms with Gasteiger partial charge in [-0.25, -0.2) is 0 Å². The van der Waals surface area contributed by atoms with Gasteiger partial charge in [0.15, 0.2) is 5.95 Å². The van der Waals surface area contributed by atoms with Crippen molar-refractivity contribution in [2.24, 2.45) is 11.3 Å². The molecule has 36 heavy (non-hydrogen) atoms. The Morgan fingerprint density at radius 2 is 2.14 bits per heavy atom. The van der Waals surface area contributed by atoms with Crippen molar-refractivity contribution in [3.63, 3.8) is 0 Å². The number of methoxy groups -OCH3 is 1. The molecular formula is C26H30N4O4S2. The number of carbonyl (C=O) groups is 1. The number of thioether (sulfide) groups is 1. The Morgan fingerprint density at radius 3 is 2.75 bits per heavy atom. The van der Waals surface area contributed by atoms with Gasteiger partial charge in [0.2, 0.25) is 11.6 Å². The van der Waals surface area contributed by atoms with Crippen LogP contribution in [0.4, 0.5) is 5.00 Å². The minimum Gasteiger partial charge on any atom is -0.538 e. The van der Waals surface area contributed by atoms with Crippen molar-refractivity contribution in [2.45, 2.75) is 63.7 Å². The van der Waals surface area contributed by atoms with Crippen LogP contribution in [0.2, 0.25) is 0 Å². The zero-order valence-electron chi connectivity index (χ0n) is 21.1. The van der Waals surface area contributed by atoms with E-state index in [4.69, 9.17) is 9.26 Å². The number of aromatic nitrogens is 2. The third-order valence-corrected chi connectivity index (χ3v) is 9.21. The monoisotopic (exact) mass is 526 g/mol. The second-order valence-electron chi connectivity index (χ2n) is 9.90. The minimum absolute atomic E-state index is 0.190. The van der Waals surface area contributed by atoms with Crippen LogP contribution < -0.4 is 19.8 Å². The van der Waals surface area contributed by atoms with Crippen LogP contribution in [0, 0.1) is 22.7 Å². The fourth-order valence-corrected chi connectivity index (χ4v) is 6.66.